The van der Waals surface area contributed by atoms with Gasteiger partial charge in [-0.05, 0) is 25.2 Å². The molecule has 4 heteroatoms. The van der Waals surface area contributed by atoms with E-state index >= 15 is 0 Å². The molecule has 1 spiro atoms. The maximum atomic E-state index is 11.7. The van der Waals surface area contributed by atoms with E-state index in [1.807, 2.05) is 12.2 Å². The summed E-state index contributed by atoms with van der Waals surface area (Å²) < 4.78 is 10.6. The summed E-state index contributed by atoms with van der Waals surface area (Å²) in [4.78, 5) is 11.7. The Morgan fingerprint density at radius 2 is 1.78 bits per heavy atom. The van der Waals surface area contributed by atoms with Crippen LogP contribution in [-0.4, -0.2) is 16.9 Å². The zero-order valence-electron chi connectivity index (χ0n) is 10.8. The van der Waals surface area contributed by atoms with Crippen molar-refractivity contribution in [3.05, 3.63) is 35.8 Å². The number of carbonyl (C=O) groups excluding carboxylic acids is 1. The maximum Gasteiger partial charge on any atom is 0.344 e. The number of aliphatic hydroxyl groups excluding tert-OH is 1. The molecule has 0 aromatic carbocycles. The summed E-state index contributed by atoms with van der Waals surface area (Å²) in [5, 5.41) is 9.65. The third kappa shape index (κ3) is 2.42. The van der Waals surface area contributed by atoms with Gasteiger partial charge in [0, 0.05) is 12.2 Å². The molecular formula is C14H18O4. The van der Waals surface area contributed by atoms with Crippen LogP contribution in [0.4, 0.5) is 0 Å². The number of hydrogen-bond acceptors (Lipinski definition) is 4. The van der Waals surface area contributed by atoms with E-state index in [1.54, 1.807) is 12.2 Å². The van der Waals surface area contributed by atoms with Crippen LogP contribution in [0, 0.1) is 11.8 Å². The van der Waals surface area contributed by atoms with Gasteiger partial charge in [0.2, 0.25) is 0 Å². The van der Waals surface area contributed by atoms with Crippen molar-refractivity contribution >= 4 is 5.97 Å². The first-order valence-corrected chi connectivity index (χ1v) is 6.13. The van der Waals surface area contributed by atoms with Crippen molar-refractivity contribution in [2.45, 2.75) is 33.0 Å². The first-order chi connectivity index (χ1) is 8.42. The number of ether oxygens (including phenoxy) is 2. The van der Waals surface area contributed by atoms with Crippen molar-refractivity contribution in [3.63, 3.8) is 0 Å². The largest absolute Gasteiger partial charge is 0.481 e. The number of esters is 1. The molecule has 0 aromatic heterocycles. The van der Waals surface area contributed by atoms with E-state index in [9.17, 15) is 9.90 Å². The topological polar surface area (TPSA) is 55.8 Å². The Kier molecular flexibility index (Phi) is 3.20. The number of carbonyl (C=O) groups is 1. The van der Waals surface area contributed by atoms with Crippen molar-refractivity contribution in [1.82, 2.24) is 0 Å². The van der Waals surface area contributed by atoms with Gasteiger partial charge in [0.25, 0.3) is 11.7 Å². The number of hydrogen-bond donors (Lipinski definition) is 1. The highest BCUT2D eigenvalue weighted by molar-refractivity contribution is 5.89. The molecule has 2 aliphatic rings. The van der Waals surface area contributed by atoms with Crippen LogP contribution >= 0.6 is 0 Å². The van der Waals surface area contributed by atoms with E-state index in [0.29, 0.717) is 11.8 Å². The van der Waals surface area contributed by atoms with Gasteiger partial charge in [-0.15, -0.1) is 0 Å². The maximum absolute atomic E-state index is 11.7. The van der Waals surface area contributed by atoms with Crippen LogP contribution in [0.2, 0.25) is 0 Å². The predicted molar refractivity (Wildman–Crippen MR) is 66.5 cm³/mol. The van der Waals surface area contributed by atoms with Crippen molar-refractivity contribution in [2.75, 3.05) is 0 Å². The Morgan fingerprint density at radius 1 is 1.22 bits per heavy atom. The van der Waals surface area contributed by atoms with Gasteiger partial charge in [-0.2, -0.15) is 0 Å². The summed E-state index contributed by atoms with van der Waals surface area (Å²) in [7, 11) is 0. The normalized spacial score (nSPS) is 36.1. The van der Waals surface area contributed by atoms with Gasteiger partial charge in [-0.3, -0.25) is 0 Å². The van der Waals surface area contributed by atoms with Gasteiger partial charge in [0.1, 0.15) is 5.57 Å². The molecule has 0 aromatic rings. The molecule has 0 saturated heterocycles. The average molecular weight is 250 g/mol. The summed E-state index contributed by atoms with van der Waals surface area (Å²) in [5.74, 6) is -1.52. The van der Waals surface area contributed by atoms with Crippen LogP contribution in [0.3, 0.4) is 0 Å². The lowest BCUT2D eigenvalue weighted by molar-refractivity contribution is -0.198. The second-order valence-corrected chi connectivity index (χ2v) is 5.05. The Morgan fingerprint density at radius 3 is 2.28 bits per heavy atom. The summed E-state index contributed by atoms with van der Waals surface area (Å²) in [6.45, 7) is 5.64. The monoisotopic (exact) mass is 250 g/mol. The van der Waals surface area contributed by atoms with Crippen LogP contribution in [0.25, 0.3) is 0 Å². The second kappa shape index (κ2) is 4.52. The molecule has 0 bridgehead atoms. The van der Waals surface area contributed by atoms with E-state index in [1.165, 1.54) is 6.92 Å². The molecule has 0 saturated carbocycles. The third-order valence-corrected chi connectivity index (χ3v) is 3.19. The summed E-state index contributed by atoms with van der Waals surface area (Å²) >= 11 is 0. The Bertz CT molecular complexity index is 427. The van der Waals surface area contributed by atoms with E-state index in [4.69, 9.17) is 9.47 Å². The molecule has 2 unspecified atom stereocenters. The van der Waals surface area contributed by atoms with Crippen LogP contribution < -0.4 is 0 Å². The Balaban J connectivity index is 2.36. The molecule has 98 valence electrons. The lowest BCUT2D eigenvalue weighted by Crippen LogP contribution is -2.39. The highest BCUT2D eigenvalue weighted by Gasteiger charge is 2.39. The molecule has 2 atom stereocenters. The first kappa shape index (κ1) is 12.7. The highest BCUT2D eigenvalue weighted by atomic mass is 16.8. The van der Waals surface area contributed by atoms with Gasteiger partial charge < -0.3 is 14.6 Å². The smallest absolute Gasteiger partial charge is 0.344 e. The lowest BCUT2D eigenvalue weighted by atomic mass is 9.92. The molecule has 0 radical (unpaired) electrons. The highest BCUT2D eigenvalue weighted by Crippen LogP contribution is 2.31. The first-order valence-electron chi connectivity index (χ1n) is 6.13. The van der Waals surface area contributed by atoms with Gasteiger partial charge in [-0.25, -0.2) is 4.79 Å². The van der Waals surface area contributed by atoms with Crippen molar-refractivity contribution in [2.24, 2.45) is 11.8 Å². The number of allylic oxidation sites excluding steroid dienone is 2. The molecule has 0 fully saturated rings. The van der Waals surface area contributed by atoms with Gasteiger partial charge in [0.15, 0.2) is 0 Å². The van der Waals surface area contributed by atoms with Crippen molar-refractivity contribution in [3.8, 4) is 0 Å². The van der Waals surface area contributed by atoms with Crippen LogP contribution in [0.5, 0.6) is 0 Å². The van der Waals surface area contributed by atoms with Crippen LogP contribution in [0.15, 0.2) is 35.8 Å². The molecule has 1 aliphatic carbocycles. The Labute approximate surface area is 107 Å². The molecule has 18 heavy (non-hydrogen) atoms. The zero-order valence-corrected chi connectivity index (χ0v) is 10.8. The minimum Gasteiger partial charge on any atom is -0.481 e. The molecular weight excluding hydrogens is 232 g/mol. The fraction of sp³-hybridized carbons (Fsp3) is 0.500. The third-order valence-electron chi connectivity index (χ3n) is 3.19. The fourth-order valence-electron chi connectivity index (χ4n) is 2.09. The van der Waals surface area contributed by atoms with Gasteiger partial charge in [-0.1, -0.05) is 26.0 Å². The van der Waals surface area contributed by atoms with E-state index in [-0.39, 0.29) is 11.5 Å². The zero-order chi connectivity index (χ0) is 13.3. The molecule has 2 rings (SSSR count). The van der Waals surface area contributed by atoms with Crippen LogP contribution in [0.1, 0.15) is 27.2 Å². The minimum absolute atomic E-state index is 0.0885. The van der Waals surface area contributed by atoms with E-state index in [2.05, 4.69) is 13.8 Å². The molecule has 0 amide bonds. The minimum atomic E-state index is -1.30. The van der Waals surface area contributed by atoms with Gasteiger partial charge in [0.05, 0.1) is 0 Å². The SMILES string of the molecule is CC1=C(O)OC2(C=CC(C)CC(C)C=C2)OC1=O. The van der Waals surface area contributed by atoms with Crippen molar-refractivity contribution in [1.29, 1.82) is 0 Å². The van der Waals surface area contributed by atoms with E-state index in [0.717, 1.165) is 6.42 Å². The van der Waals surface area contributed by atoms with Gasteiger partial charge >= 0.3 is 5.97 Å². The van der Waals surface area contributed by atoms with E-state index < -0.39 is 11.8 Å². The average Bonchev–Trinajstić information content (AvgIpc) is 2.30. The number of rotatable bonds is 0. The quantitative estimate of drug-likeness (QED) is 0.530. The Hall–Kier alpha value is -1.71. The predicted octanol–water partition coefficient (Wildman–Crippen LogP) is 2.83. The standard InChI is InChI=1S/C14H18O4/c1-9-4-6-14(7-5-10(2)8-9)17-12(15)11(3)13(16)18-14/h4-7,9-10,15H,8H2,1-3H3. The number of aliphatic hydroxyl groups is 1. The van der Waals surface area contributed by atoms with Crippen LogP contribution in [-0.2, 0) is 14.3 Å². The molecule has 1 heterocycles. The summed E-state index contributed by atoms with van der Waals surface area (Å²) in [6, 6.07) is 0. The molecule has 4 nitrogen and oxygen atoms in total. The molecule has 1 aliphatic heterocycles. The molecule has 1 N–H and O–H groups in total. The summed E-state index contributed by atoms with van der Waals surface area (Å²) in [5.41, 5.74) is 0.0885. The summed E-state index contributed by atoms with van der Waals surface area (Å²) in [6.07, 6.45) is 8.28. The fourth-order valence-corrected chi connectivity index (χ4v) is 2.09. The van der Waals surface area contributed by atoms with Crippen molar-refractivity contribution < 1.29 is 19.4 Å². The second-order valence-electron chi connectivity index (χ2n) is 5.05. The lowest BCUT2D eigenvalue weighted by Gasteiger charge is -2.33.